The Morgan fingerprint density at radius 3 is 2.47 bits per heavy atom. The van der Waals surface area contributed by atoms with E-state index in [1.54, 1.807) is 19.1 Å². The molecule has 3 unspecified atom stereocenters. The predicted octanol–water partition coefficient (Wildman–Crippen LogP) is 2.80. The highest BCUT2D eigenvalue weighted by Gasteiger charge is 2.15. The Kier molecular flexibility index (Phi) is 5.09. The molecule has 1 aromatic carbocycles. The van der Waals surface area contributed by atoms with Gasteiger partial charge in [0.2, 0.25) is 0 Å². The second-order valence-electron chi connectivity index (χ2n) is 4.85. The van der Waals surface area contributed by atoms with E-state index in [1.807, 2.05) is 26.8 Å². The number of aliphatic hydroxyl groups is 1. The summed E-state index contributed by atoms with van der Waals surface area (Å²) >= 11 is 0. The van der Waals surface area contributed by atoms with Crippen LogP contribution < -0.4 is 5.32 Å². The second-order valence-corrected chi connectivity index (χ2v) is 4.85. The molecule has 0 aromatic heterocycles. The van der Waals surface area contributed by atoms with E-state index >= 15 is 0 Å². The van der Waals surface area contributed by atoms with Gasteiger partial charge < -0.3 is 10.4 Å². The first-order valence-electron chi connectivity index (χ1n) is 6.08. The topological polar surface area (TPSA) is 32.3 Å². The van der Waals surface area contributed by atoms with E-state index in [0.29, 0.717) is 5.56 Å². The molecule has 3 heteroatoms. The molecule has 0 aliphatic heterocycles. The lowest BCUT2D eigenvalue weighted by Gasteiger charge is -2.24. The molecular weight excluding hydrogens is 217 g/mol. The summed E-state index contributed by atoms with van der Waals surface area (Å²) in [7, 11) is 0. The summed E-state index contributed by atoms with van der Waals surface area (Å²) in [6.07, 6.45) is 0. The summed E-state index contributed by atoms with van der Waals surface area (Å²) < 4.78 is 13.4. The Balaban J connectivity index is 2.69. The summed E-state index contributed by atoms with van der Waals surface area (Å²) in [6, 6.07) is 5.58. The maximum atomic E-state index is 13.4. The normalized spacial score (nSPS) is 16.6. The van der Waals surface area contributed by atoms with E-state index in [0.717, 1.165) is 5.56 Å². The van der Waals surface area contributed by atoms with Crippen LogP contribution in [0.2, 0.25) is 0 Å². The van der Waals surface area contributed by atoms with Gasteiger partial charge in [0.1, 0.15) is 5.82 Å². The average molecular weight is 239 g/mol. The molecular formula is C14H22FNO. The number of rotatable bonds is 5. The molecule has 0 amide bonds. The quantitative estimate of drug-likeness (QED) is 0.828. The van der Waals surface area contributed by atoms with Crippen molar-refractivity contribution in [3.05, 3.63) is 35.1 Å². The molecule has 0 bridgehead atoms. The fourth-order valence-corrected chi connectivity index (χ4v) is 1.69. The summed E-state index contributed by atoms with van der Waals surface area (Å²) in [4.78, 5) is 0. The van der Waals surface area contributed by atoms with Gasteiger partial charge in [-0.1, -0.05) is 19.1 Å². The molecule has 0 spiro atoms. The van der Waals surface area contributed by atoms with Crippen molar-refractivity contribution in [3.63, 3.8) is 0 Å². The Bertz CT molecular complexity index is 367. The molecule has 0 saturated carbocycles. The standard InChI is InChI=1S/C14H22FNO/c1-9-5-6-13(7-14(9)15)12(4)16-11(3)10(2)8-17/h5-7,10-12,16-17H,8H2,1-4H3. The minimum absolute atomic E-state index is 0.0779. The van der Waals surface area contributed by atoms with E-state index in [-0.39, 0.29) is 30.4 Å². The van der Waals surface area contributed by atoms with Gasteiger partial charge >= 0.3 is 0 Å². The fourth-order valence-electron chi connectivity index (χ4n) is 1.69. The van der Waals surface area contributed by atoms with Crippen LogP contribution in [-0.4, -0.2) is 17.8 Å². The monoisotopic (exact) mass is 239 g/mol. The minimum atomic E-state index is -0.168. The zero-order valence-electron chi connectivity index (χ0n) is 11.0. The largest absolute Gasteiger partial charge is 0.396 e. The molecule has 0 aliphatic rings. The van der Waals surface area contributed by atoms with Crippen LogP contribution in [0.15, 0.2) is 18.2 Å². The van der Waals surface area contributed by atoms with Crippen molar-refractivity contribution in [2.45, 2.75) is 39.8 Å². The fraction of sp³-hybridized carbons (Fsp3) is 0.571. The first-order valence-corrected chi connectivity index (χ1v) is 6.08. The lowest BCUT2D eigenvalue weighted by Crippen LogP contribution is -2.35. The Hall–Kier alpha value is -0.930. The molecule has 0 radical (unpaired) electrons. The van der Waals surface area contributed by atoms with Crippen LogP contribution >= 0.6 is 0 Å². The van der Waals surface area contributed by atoms with Crippen molar-refractivity contribution in [2.75, 3.05) is 6.61 Å². The highest BCUT2D eigenvalue weighted by Crippen LogP contribution is 2.17. The number of aryl methyl sites for hydroxylation is 1. The van der Waals surface area contributed by atoms with Crippen LogP contribution in [0.25, 0.3) is 0 Å². The van der Waals surface area contributed by atoms with E-state index in [1.165, 1.54) is 0 Å². The number of halogens is 1. The van der Waals surface area contributed by atoms with Crippen molar-refractivity contribution >= 4 is 0 Å². The van der Waals surface area contributed by atoms with E-state index in [9.17, 15) is 4.39 Å². The number of hydrogen-bond donors (Lipinski definition) is 2. The molecule has 2 nitrogen and oxygen atoms in total. The number of benzene rings is 1. The molecule has 0 saturated heterocycles. The Morgan fingerprint density at radius 2 is 1.94 bits per heavy atom. The average Bonchev–Trinajstić information content (AvgIpc) is 2.31. The molecule has 1 rings (SSSR count). The maximum absolute atomic E-state index is 13.4. The van der Waals surface area contributed by atoms with Crippen LogP contribution in [0, 0.1) is 18.7 Å². The molecule has 0 heterocycles. The first kappa shape index (κ1) is 14.1. The Morgan fingerprint density at radius 1 is 1.29 bits per heavy atom. The number of aliphatic hydroxyl groups excluding tert-OH is 1. The smallest absolute Gasteiger partial charge is 0.126 e. The van der Waals surface area contributed by atoms with Crippen molar-refractivity contribution in [2.24, 2.45) is 5.92 Å². The third kappa shape index (κ3) is 3.79. The lowest BCUT2D eigenvalue weighted by molar-refractivity contribution is 0.202. The van der Waals surface area contributed by atoms with Gasteiger partial charge in [0.25, 0.3) is 0 Å². The Labute approximate surface area is 103 Å². The van der Waals surface area contributed by atoms with Gasteiger partial charge in [-0.05, 0) is 43.9 Å². The molecule has 96 valence electrons. The van der Waals surface area contributed by atoms with Crippen LogP contribution in [0.3, 0.4) is 0 Å². The first-order chi connectivity index (χ1) is 7.95. The van der Waals surface area contributed by atoms with Gasteiger partial charge in [0.05, 0.1) is 0 Å². The predicted molar refractivity (Wildman–Crippen MR) is 68.4 cm³/mol. The van der Waals surface area contributed by atoms with Crippen molar-refractivity contribution < 1.29 is 9.50 Å². The van der Waals surface area contributed by atoms with Crippen molar-refractivity contribution in [1.29, 1.82) is 0 Å². The summed E-state index contributed by atoms with van der Waals surface area (Å²) in [5.41, 5.74) is 1.60. The third-order valence-electron chi connectivity index (χ3n) is 3.35. The number of nitrogens with one attached hydrogen (secondary N) is 1. The molecule has 1 aromatic rings. The van der Waals surface area contributed by atoms with Gasteiger partial charge in [-0.2, -0.15) is 0 Å². The summed E-state index contributed by atoms with van der Waals surface area (Å²) in [5, 5.41) is 12.4. The highest BCUT2D eigenvalue weighted by molar-refractivity contribution is 5.25. The molecule has 0 aliphatic carbocycles. The van der Waals surface area contributed by atoms with Crippen molar-refractivity contribution in [3.8, 4) is 0 Å². The van der Waals surface area contributed by atoms with Crippen LogP contribution in [0.1, 0.15) is 37.9 Å². The zero-order valence-corrected chi connectivity index (χ0v) is 11.0. The summed E-state index contributed by atoms with van der Waals surface area (Å²) in [5.74, 6) is 0.0201. The zero-order chi connectivity index (χ0) is 13.0. The van der Waals surface area contributed by atoms with Gasteiger partial charge in [0.15, 0.2) is 0 Å². The van der Waals surface area contributed by atoms with Gasteiger partial charge in [-0.25, -0.2) is 4.39 Å². The van der Waals surface area contributed by atoms with Crippen LogP contribution in [0.4, 0.5) is 4.39 Å². The second kappa shape index (κ2) is 6.12. The minimum Gasteiger partial charge on any atom is -0.396 e. The van der Waals surface area contributed by atoms with Gasteiger partial charge in [-0.15, -0.1) is 0 Å². The van der Waals surface area contributed by atoms with Crippen LogP contribution in [-0.2, 0) is 0 Å². The molecule has 3 atom stereocenters. The maximum Gasteiger partial charge on any atom is 0.126 e. The molecule has 0 fully saturated rings. The highest BCUT2D eigenvalue weighted by atomic mass is 19.1. The van der Waals surface area contributed by atoms with Crippen molar-refractivity contribution in [1.82, 2.24) is 5.32 Å². The SMILES string of the molecule is Cc1ccc(C(C)NC(C)C(C)CO)cc1F. The van der Waals surface area contributed by atoms with Crippen LogP contribution in [0.5, 0.6) is 0 Å². The van der Waals surface area contributed by atoms with E-state index in [4.69, 9.17) is 5.11 Å². The number of hydrogen-bond acceptors (Lipinski definition) is 2. The van der Waals surface area contributed by atoms with Gasteiger partial charge in [-0.3, -0.25) is 0 Å². The third-order valence-corrected chi connectivity index (χ3v) is 3.35. The molecule has 2 N–H and O–H groups in total. The lowest BCUT2D eigenvalue weighted by atomic mass is 10.0. The van der Waals surface area contributed by atoms with E-state index in [2.05, 4.69) is 5.32 Å². The summed E-state index contributed by atoms with van der Waals surface area (Å²) in [6.45, 7) is 7.93. The molecule has 17 heavy (non-hydrogen) atoms. The van der Waals surface area contributed by atoms with Gasteiger partial charge in [0, 0.05) is 18.7 Å². The van der Waals surface area contributed by atoms with E-state index < -0.39 is 0 Å².